The lowest BCUT2D eigenvalue weighted by molar-refractivity contribution is -0.139. The van der Waals surface area contributed by atoms with Crippen molar-refractivity contribution in [1.82, 2.24) is 15.3 Å². The Bertz CT molecular complexity index is 1670. The molecule has 0 saturated heterocycles. The van der Waals surface area contributed by atoms with Crippen molar-refractivity contribution in [3.05, 3.63) is 106 Å². The van der Waals surface area contributed by atoms with Crippen LogP contribution in [0.4, 0.5) is 0 Å². The number of amides is 1. The van der Waals surface area contributed by atoms with E-state index in [4.69, 9.17) is 28.2 Å². The first kappa shape index (κ1) is 24.7. The van der Waals surface area contributed by atoms with Crippen molar-refractivity contribution in [2.75, 3.05) is 0 Å². The number of hydrogen-bond donors (Lipinski definition) is 2. The fraction of sp³-hybridized carbons (Fsp3) is 0.103. The third kappa shape index (κ3) is 4.73. The summed E-state index contributed by atoms with van der Waals surface area (Å²) >= 11 is 12.3. The molecule has 0 radical (unpaired) electrons. The van der Waals surface area contributed by atoms with Gasteiger partial charge in [-0.25, -0.2) is 4.79 Å². The molecule has 8 heteroatoms. The average Bonchev–Trinajstić information content (AvgIpc) is 2.89. The molecule has 2 aromatic heterocycles. The van der Waals surface area contributed by atoms with Crippen LogP contribution in [-0.2, 0) is 11.2 Å². The molecule has 0 aliphatic carbocycles. The number of nitrogens with one attached hydrogen (secondary N) is 1. The van der Waals surface area contributed by atoms with Gasteiger partial charge >= 0.3 is 5.97 Å². The van der Waals surface area contributed by atoms with Gasteiger partial charge in [-0.05, 0) is 41.6 Å². The molecule has 0 saturated carbocycles. The van der Waals surface area contributed by atoms with Crippen LogP contribution in [0.3, 0.4) is 0 Å². The predicted octanol–water partition coefficient (Wildman–Crippen LogP) is 6.49. The minimum atomic E-state index is -1.23. The number of aliphatic carboxylic acids is 1. The van der Waals surface area contributed by atoms with Crippen molar-refractivity contribution in [2.45, 2.75) is 19.4 Å². The summed E-state index contributed by atoms with van der Waals surface area (Å²) in [4.78, 5) is 34.3. The molecule has 0 fully saturated rings. The van der Waals surface area contributed by atoms with Crippen LogP contribution in [0.5, 0.6) is 0 Å². The number of carboxylic acids is 1. The summed E-state index contributed by atoms with van der Waals surface area (Å²) < 4.78 is 0. The maximum absolute atomic E-state index is 12.9. The van der Waals surface area contributed by atoms with Crippen LogP contribution < -0.4 is 5.32 Å². The van der Waals surface area contributed by atoms with E-state index in [1.54, 1.807) is 12.3 Å². The van der Waals surface area contributed by atoms with E-state index >= 15 is 0 Å². The van der Waals surface area contributed by atoms with Crippen molar-refractivity contribution in [3.8, 4) is 11.3 Å². The minimum absolute atomic E-state index is 0.0149. The first-order chi connectivity index (χ1) is 17.8. The fourth-order valence-corrected chi connectivity index (χ4v) is 5.12. The van der Waals surface area contributed by atoms with Crippen LogP contribution >= 0.6 is 23.2 Å². The monoisotopic (exact) mass is 529 g/mol. The summed E-state index contributed by atoms with van der Waals surface area (Å²) in [6, 6.07) is 19.0. The van der Waals surface area contributed by atoms with E-state index in [0.717, 1.165) is 33.0 Å². The Morgan fingerprint density at radius 2 is 1.65 bits per heavy atom. The number of hydrogen-bond acceptors (Lipinski definition) is 4. The second-order valence-corrected chi connectivity index (χ2v) is 9.47. The fourth-order valence-electron chi connectivity index (χ4n) is 4.55. The zero-order chi connectivity index (χ0) is 26.1. The van der Waals surface area contributed by atoms with Crippen LogP contribution in [0.1, 0.15) is 21.5 Å². The molecule has 0 spiro atoms. The topological polar surface area (TPSA) is 92.2 Å². The summed E-state index contributed by atoms with van der Waals surface area (Å²) in [5, 5.41) is 15.8. The van der Waals surface area contributed by atoms with Crippen LogP contribution in [0.15, 0.2) is 79.1 Å². The van der Waals surface area contributed by atoms with Crippen molar-refractivity contribution in [3.63, 3.8) is 0 Å². The zero-order valence-corrected chi connectivity index (χ0v) is 21.2. The van der Waals surface area contributed by atoms with Crippen molar-refractivity contribution in [2.24, 2.45) is 0 Å². The second-order valence-electron chi connectivity index (χ2n) is 8.66. The highest BCUT2D eigenvalue weighted by molar-refractivity contribution is 6.39. The number of aryl methyl sites for hydroxylation is 1. The lowest BCUT2D eigenvalue weighted by atomic mass is 9.94. The van der Waals surface area contributed by atoms with Crippen LogP contribution in [0.2, 0.25) is 10.0 Å². The number of rotatable bonds is 6. The van der Waals surface area contributed by atoms with Gasteiger partial charge in [-0.15, -0.1) is 0 Å². The molecule has 2 heterocycles. The van der Waals surface area contributed by atoms with Gasteiger partial charge in [0.25, 0.3) is 5.91 Å². The third-order valence-electron chi connectivity index (χ3n) is 6.38. The van der Waals surface area contributed by atoms with Crippen LogP contribution in [-0.4, -0.2) is 33.0 Å². The highest BCUT2D eigenvalue weighted by atomic mass is 35.5. The summed E-state index contributed by atoms with van der Waals surface area (Å²) in [6.07, 6.45) is 3.53. The van der Waals surface area contributed by atoms with E-state index < -0.39 is 17.9 Å². The lowest BCUT2D eigenvalue weighted by Gasteiger charge is -2.18. The Hall–Kier alpha value is -4.00. The lowest BCUT2D eigenvalue weighted by Crippen LogP contribution is -2.42. The number of fused-ring (bicyclic) bond motifs is 2. The molecule has 2 N–H and O–H groups in total. The quantitative estimate of drug-likeness (QED) is 0.262. The smallest absolute Gasteiger partial charge is 0.326 e. The standard InChI is InChI=1S/C29H21Cl2N3O3/c1-16-19-7-3-2-6-18(19)15-33-26(16)21-12-11-17(27-20(21)8-5-13-32-27)14-24(29(36)37)34-28(35)25-22(30)9-4-10-23(25)31/h2-13,15,24H,14H2,1H3,(H,34,35)(H,36,37). The Labute approximate surface area is 222 Å². The number of halogens is 2. The molecule has 0 aliphatic rings. The van der Waals surface area contributed by atoms with E-state index in [1.807, 2.05) is 55.6 Å². The molecule has 5 aromatic rings. The van der Waals surface area contributed by atoms with Gasteiger partial charge in [0.05, 0.1) is 26.8 Å². The molecular formula is C29H21Cl2N3O3. The van der Waals surface area contributed by atoms with Crippen molar-refractivity contribution < 1.29 is 14.7 Å². The molecule has 1 atom stereocenters. The minimum Gasteiger partial charge on any atom is -0.480 e. The molecule has 0 bridgehead atoms. The molecule has 6 nitrogen and oxygen atoms in total. The summed E-state index contributed by atoms with van der Waals surface area (Å²) in [5.74, 6) is -1.84. The highest BCUT2D eigenvalue weighted by Gasteiger charge is 2.25. The van der Waals surface area contributed by atoms with Gasteiger partial charge in [0.2, 0.25) is 0 Å². The SMILES string of the molecule is Cc1c(-c2ccc(CC(NC(=O)c3c(Cl)cccc3Cl)C(=O)O)c3ncccc23)ncc2ccccc12. The largest absolute Gasteiger partial charge is 0.480 e. The van der Waals surface area contributed by atoms with Crippen molar-refractivity contribution >= 4 is 56.8 Å². The van der Waals surface area contributed by atoms with E-state index in [2.05, 4.69) is 16.4 Å². The number of pyridine rings is 2. The van der Waals surface area contributed by atoms with Crippen LogP contribution in [0, 0.1) is 6.92 Å². The normalized spacial score (nSPS) is 12.0. The Morgan fingerprint density at radius 3 is 2.41 bits per heavy atom. The van der Waals surface area contributed by atoms with E-state index in [9.17, 15) is 14.7 Å². The van der Waals surface area contributed by atoms with Gasteiger partial charge in [0.1, 0.15) is 6.04 Å². The first-order valence-corrected chi connectivity index (χ1v) is 12.3. The zero-order valence-electron chi connectivity index (χ0n) is 19.7. The number of benzene rings is 3. The maximum Gasteiger partial charge on any atom is 0.326 e. The Kier molecular flexibility index (Phi) is 6.78. The van der Waals surface area contributed by atoms with Gasteiger partial charge in [-0.2, -0.15) is 0 Å². The summed E-state index contributed by atoms with van der Waals surface area (Å²) in [6.45, 7) is 2.04. The highest BCUT2D eigenvalue weighted by Crippen LogP contribution is 2.33. The first-order valence-electron chi connectivity index (χ1n) is 11.5. The molecule has 5 rings (SSSR count). The number of carbonyl (C=O) groups is 2. The number of carboxylic acid groups (broad SMARTS) is 1. The van der Waals surface area contributed by atoms with E-state index in [1.165, 1.54) is 12.1 Å². The van der Waals surface area contributed by atoms with Gasteiger partial charge in [0.15, 0.2) is 0 Å². The molecule has 1 unspecified atom stereocenters. The molecule has 1 amide bonds. The average molecular weight is 530 g/mol. The summed E-state index contributed by atoms with van der Waals surface area (Å²) in [5.41, 5.74) is 4.13. The van der Waals surface area contributed by atoms with Gasteiger partial charge in [-0.3, -0.25) is 14.8 Å². The molecule has 3 aromatic carbocycles. The molecule has 0 aliphatic heterocycles. The maximum atomic E-state index is 12.9. The van der Waals surface area contributed by atoms with Crippen LogP contribution in [0.25, 0.3) is 32.9 Å². The number of aromatic nitrogens is 2. The predicted molar refractivity (Wildman–Crippen MR) is 146 cm³/mol. The molecule has 184 valence electrons. The van der Waals surface area contributed by atoms with Crippen molar-refractivity contribution in [1.29, 1.82) is 0 Å². The van der Waals surface area contributed by atoms with Gasteiger partial charge in [-0.1, -0.05) is 71.7 Å². The third-order valence-corrected chi connectivity index (χ3v) is 7.01. The van der Waals surface area contributed by atoms with Gasteiger partial charge in [0, 0.05) is 35.2 Å². The summed E-state index contributed by atoms with van der Waals surface area (Å²) in [7, 11) is 0. The Balaban J connectivity index is 1.53. The van der Waals surface area contributed by atoms with E-state index in [-0.39, 0.29) is 22.0 Å². The second kappa shape index (κ2) is 10.2. The van der Waals surface area contributed by atoms with E-state index in [0.29, 0.717) is 11.1 Å². The number of nitrogens with zero attached hydrogens (tertiary/aromatic N) is 2. The van der Waals surface area contributed by atoms with Gasteiger partial charge < -0.3 is 10.4 Å². The molecule has 37 heavy (non-hydrogen) atoms. The number of carbonyl (C=O) groups excluding carboxylic acids is 1. The Morgan fingerprint density at radius 1 is 0.919 bits per heavy atom. The molecular weight excluding hydrogens is 509 g/mol.